The molecule has 2 aromatic carbocycles. The van der Waals surface area contributed by atoms with Crippen molar-refractivity contribution in [3.63, 3.8) is 0 Å². The summed E-state index contributed by atoms with van der Waals surface area (Å²) in [6, 6.07) is 14.8. The highest BCUT2D eigenvalue weighted by Gasteiger charge is 2.27. The lowest BCUT2D eigenvalue weighted by Gasteiger charge is -2.27. The summed E-state index contributed by atoms with van der Waals surface area (Å²) in [6.07, 6.45) is -0.165. The second kappa shape index (κ2) is 8.53. The van der Waals surface area contributed by atoms with Crippen LogP contribution in [-0.2, 0) is 22.5 Å². The summed E-state index contributed by atoms with van der Waals surface area (Å²) in [6.45, 7) is 3.09. The number of halogens is 1. The zero-order valence-corrected chi connectivity index (χ0v) is 18.4. The van der Waals surface area contributed by atoms with Gasteiger partial charge in [-0.2, -0.15) is 0 Å². The Hall–Kier alpha value is -2.77. The zero-order chi connectivity index (χ0) is 21.3. The maximum Gasteiger partial charge on any atom is 0.339 e. The minimum atomic E-state index is -0.940. The van der Waals surface area contributed by atoms with Crippen molar-refractivity contribution in [3.05, 3.63) is 69.8 Å². The molecular formula is C23H22BrN3O3. The van der Waals surface area contributed by atoms with Gasteiger partial charge in [-0.15, -0.1) is 0 Å². The lowest BCUT2D eigenvalue weighted by molar-refractivity contribution is -0.123. The van der Waals surface area contributed by atoms with Gasteiger partial charge in [0.05, 0.1) is 11.1 Å². The van der Waals surface area contributed by atoms with E-state index in [1.807, 2.05) is 43.4 Å². The van der Waals surface area contributed by atoms with Crippen molar-refractivity contribution in [3.8, 4) is 0 Å². The third kappa shape index (κ3) is 4.22. The van der Waals surface area contributed by atoms with E-state index in [9.17, 15) is 9.59 Å². The van der Waals surface area contributed by atoms with Crippen molar-refractivity contribution >= 4 is 44.4 Å². The van der Waals surface area contributed by atoms with E-state index in [1.165, 1.54) is 0 Å². The Morgan fingerprint density at radius 2 is 1.90 bits per heavy atom. The van der Waals surface area contributed by atoms with Gasteiger partial charge in [-0.25, -0.2) is 4.79 Å². The fraction of sp³-hybridized carbons (Fsp3) is 0.261. The van der Waals surface area contributed by atoms with Crippen molar-refractivity contribution in [1.82, 2.24) is 9.88 Å². The summed E-state index contributed by atoms with van der Waals surface area (Å²) in [4.78, 5) is 32.6. The van der Waals surface area contributed by atoms with Crippen LogP contribution in [-0.4, -0.2) is 41.5 Å². The molecule has 4 rings (SSSR count). The zero-order valence-electron chi connectivity index (χ0n) is 16.8. The quantitative estimate of drug-likeness (QED) is 0.583. The number of likely N-dealkylation sites (N-methyl/N-ethyl adjacent to an activating group) is 1. The molecule has 154 valence electrons. The minimum absolute atomic E-state index is 0.380. The number of carbonyl (C=O) groups excluding carboxylic acids is 2. The van der Waals surface area contributed by atoms with E-state index in [0.717, 1.165) is 39.6 Å². The standard InChI is InChI=1S/C23H22BrN3O3/c1-14(22(28)25-16-9-7-15(24)8-10-16)30-23(29)21-17-5-3-4-6-19(17)26-20-11-12-27(2)13-18(20)21/h3-10,14H,11-13H2,1-2H3,(H,25,28). The number of anilines is 1. The minimum Gasteiger partial charge on any atom is -0.449 e. The van der Waals surface area contributed by atoms with Crippen molar-refractivity contribution in [2.24, 2.45) is 0 Å². The topological polar surface area (TPSA) is 71.5 Å². The summed E-state index contributed by atoms with van der Waals surface area (Å²) in [5.74, 6) is -0.881. The molecule has 30 heavy (non-hydrogen) atoms. The first kappa shape index (κ1) is 20.5. The number of pyridine rings is 1. The highest BCUT2D eigenvalue weighted by molar-refractivity contribution is 9.10. The number of hydrogen-bond donors (Lipinski definition) is 1. The van der Waals surface area contributed by atoms with Crippen LogP contribution in [0.25, 0.3) is 10.9 Å². The lowest BCUT2D eigenvalue weighted by atomic mass is 9.96. The van der Waals surface area contributed by atoms with E-state index in [2.05, 4.69) is 26.1 Å². The Morgan fingerprint density at radius 3 is 2.67 bits per heavy atom. The number of para-hydroxylation sites is 1. The Morgan fingerprint density at radius 1 is 1.17 bits per heavy atom. The SMILES string of the molecule is CC(OC(=O)c1c2c(nc3ccccc13)CCN(C)C2)C(=O)Nc1ccc(Br)cc1. The molecule has 0 saturated carbocycles. The van der Waals surface area contributed by atoms with Crippen LogP contribution in [0.5, 0.6) is 0 Å². The molecule has 0 aliphatic carbocycles. The smallest absolute Gasteiger partial charge is 0.339 e. The first-order valence-corrected chi connectivity index (χ1v) is 10.6. The monoisotopic (exact) mass is 467 g/mol. The van der Waals surface area contributed by atoms with E-state index in [4.69, 9.17) is 9.72 Å². The summed E-state index contributed by atoms with van der Waals surface area (Å²) in [5, 5.41) is 3.52. The molecule has 1 N–H and O–H groups in total. The van der Waals surface area contributed by atoms with Gasteiger partial charge in [0.2, 0.25) is 0 Å². The first-order valence-electron chi connectivity index (χ1n) is 9.79. The summed E-state index contributed by atoms with van der Waals surface area (Å²) >= 11 is 3.36. The van der Waals surface area contributed by atoms with E-state index in [1.54, 1.807) is 19.1 Å². The predicted molar refractivity (Wildman–Crippen MR) is 119 cm³/mol. The number of aromatic nitrogens is 1. The van der Waals surface area contributed by atoms with Crippen molar-refractivity contribution in [2.45, 2.75) is 26.0 Å². The fourth-order valence-corrected chi connectivity index (χ4v) is 3.87. The normalized spacial score (nSPS) is 14.8. The summed E-state index contributed by atoms with van der Waals surface area (Å²) in [7, 11) is 2.02. The molecule has 1 atom stereocenters. The molecule has 3 aromatic rings. The molecule has 0 bridgehead atoms. The maximum atomic E-state index is 13.2. The number of nitrogens with zero attached hydrogens (tertiary/aromatic N) is 2. The molecule has 1 aliphatic heterocycles. The Kier molecular flexibility index (Phi) is 5.83. The third-order valence-electron chi connectivity index (χ3n) is 5.21. The van der Waals surface area contributed by atoms with Crippen molar-refractivity contribution in [1.29, 1.82) is 0 Å². The average Bonchev–Trinajstić information content (AvgIpc) is 2.73. The number of benzene rings is 2. The van der Waals surface area contributed by atoms with Crippen molar-refractivity contribution < 1.29 is 14.3 Å². The number of nitrogens with one attached hydrogen (secondary N) is 1. The summed E-state index contributed by atoms with van der Waals surface area (Å²) in [5.41, 5.74) is 3.71. The van der Waals surface area contributed by atoms with E-state index in [0.29, 0.717) is 17.8 Å². The van der Waals surface area contributed by atoms with Gasteiger partial charge in [0, 0.05) is 46.3 Å². The summed E-state index contributed by atoms with van der Waals surface area (Å²) < 4.78 is 6.51. The number of esters is 1. The molecule has 0 fully saturated rings. The van der Waals surface area contributed by atoms with Crippen molar-refractivity contribution in [2.75, 3.05) is 18.9 Å². The Balaban J connectivity index is 1.60. The van der Waals surface area contributed by atoms with Gasteiger partial charge in [-0.3, -0.25) is 9.78 Å². The Bertz CT molecular complexity index is 1110. The number of amides is 1. The van der Waals surface area contributed by atoms with Gasteiger partial charge in [-0.1, -0.05) is 34.1 Å². The molecule has 0 spiro atoms. The average molecular weight is 468 g/mol. The number of ether oxygens (including phenoxy) is 1. The predicted octanol–water partition coefficient (Wildman–Crippen LogP) is 4.17. The van der Waals surface area contributed by atoms with Crippen LogP contribution >= 0.6 is 15.9 Å². The molecule has 2 heterocycles. The van der Waals surface area contributed by atoms with Crippen LogP contribution in [0, 0.1) is 0 Å². The molecule has 0 saturated heterocycles. The molecular weight excluding hydrogens is 446 g/mol. The van der Waals surface area contributed by atoms with Crippen LogP contribution in [0.2, 0.25) is 0 Å². The lowest BCUT2D eigenvalue weighted by Crippen LogP contribution is -2.32. The van der Waals surface area contributed by atoms with Crippen LogP contribution in [0.1, 0.15) is 28.5 Å². The highest BCUT2D eigenvalue weighted by Crippen LogP contribution is 2.28. The Labute approximate surface area is 183 Å². The van der Waals surface area contributed by atoms with E-state index in [-0.39, 0.29) is 5.91 Å². The third-order valence-corrected chi connectivity index (χ3v) is 5.73. The molecule has 0 radical (unpaired) electrons. The van der Waals surface area contributed by atoms with Gasteiger partial charge < -0.3 is 15.0 Å². The molecule has 1 unspecified atom stereocenters. The van der Waals surface area contributed by atoms with Gasteiger partial charge in [0.25, 0.3) is 5.91 Å². The maximum absolute atomic E-state index is 13.2. The number of fused-ring (bicyclic) bond motifs is 2. The second-order valence-electron chi connectivity index (χ2n) is 7.46. The highest BCUT2D eigenvalue weighted by atomic mass is 79.9. The van der Waals surface area contributed by atoms with Crippen LogP contribution in [0.3, 0.4) is 0 Å². The second-order valence-corrected chi connectivity index (χ2v) is 8.38. The van der Waals surface area contributed by atoms with Crippen LogP contribution in [0.15, 0.2) is 53.0 Å². The first-order chi connectivity index (χ1) is 14.4. The van der Waals surface area contributed by atoms with Gasteiger partial charge in [0.15, 0.2) is 6.10 Å². The van der Waals surface area contributed by atoms with E-state index >= 15 is 0 Å². The molecule has 7 heteroatoms. The number of rotatable bonds is 4. The largest absolute Gasteiger partial charge is 0.449 e. The molecule has 1 aromatic heterocycles. The number of carbonyl (C=O) groups is 2. The van der Waals surface area contributed by atoms with Gasteiger partial charge in [-0.05, 0) is 44.3 Å². The fourth-order valence-electron chi connectivity index (χ4n) is 3.61. The van der Waals surface area contributed by atoms with Crippen LogP contribution in [0.4, 0.5) is 5.69 Å². The van der Waals surface area contributed by atoms with Gasteiger partial charge in [0.1, 0.15) is 0 Å². The molecule has 6 nitrogen and oxygen atoms in total. The number of hydrogen-bond acceptors (Lipinski definition) is 5. The van der Waals surface area contributed by atoms with E-state index < -0.39 is 12.1 Å². The molecule has 1 aliphatic rings. The van der Waals surface area contributed by atoms with Gasteiger partial charge >= 0.3 is 5.97 Å². The van der Waals surface area contributed by atoms with Crippen LogP contribution < -0.4 is 5.32 Å². The molecule has 1 amide bonds.